The number of carbonyl (C=O) groups is 2. The summed E-state index contributed by atoms with van der Waals surface area (Å²) in [5.74, 6) is -0.612. The molecule has 2 saturated carbocycles. The van der Waals surface area contributed by atoms with Crippen molar-refractivity contribution in [3.8, 4) is 0 Å². The Balaban J connectivity index is 1.47. The van der Waals surface area contributed by atoms with Gasteiger partial charge in [0.15, 0.2) is 18.7 Å². The zero-order chi connectivity index (χ0) is 40.2. The van der Waals surface area contributed by atoms with Crippen LogP contribution in [-0.2, 0) is 33.3 Å². The van der Waals surface area contributed by atoms with Crippen LogP contribution in [0.5, 0.6) is 0 Å². The first kappa shape index (κ1) is 44.4. The zero-order valence-electron chi connectivity index (χ0n) is 32.4. The van der Waals surface area contributed by atoms with E-state index in [2.05, 4.69) is 12.2 Å². The Hall–Kier alpha value is -1.67. The molecule has 5 aliphatic rings. The van der Waals surface area contributed by atoms with Crippen molar-refractivity contribution < 1.29 is 72.0 Å². The molecule has 0 aromatic heterocycles. The Kier molecular flexibility index (Phi) is 15.7. The highest BCUT2D eigenvalue weighted by atomic mass is 19.4. The number of hydrogen-bond acceptors (Lipinski definition) is 12. The Bertz CT molecular complexity index is 1240. The molecule has 0 spiro atoms. The molecule has 5 fully saturated rings. The molecule has 12 unspecified atom stereocenters. The van der Waals surface area contributed by atoms with E-state index in [1.54, 1.807) is 4.90 Å². The van der Waals surface area contributed by atoms with E-state index in [-0.39, 0.29) is 29.6 Å². The number of carbonyl (C=O) groups excluding carboxylic acids is 2. The maximum Gasteiger partial charge on any atom is 0.417 e. The Morgan fingerprint density at radius 2 is 1.58 bits per heavy atom. The smallest absolute Gasteiger partial charge is 0.394 e. The summed E-state index contributed by atoms with van der Waals surface area (Å²) in [6.07, 6.45) is -16.5. The van der Waals surface area contributed by atoms with Crippen LogP contribution in [0, 0.1) is 23.7 Å². The molecule has 0 aromatic carbocycles. The standard InChI is InChI=1S/C38H63F3N2O12/c1-5-19(3)23-16-22(6-2)32(54-37-31(49)29(47)30(48)34(55-37)38(39,40)41)24(17-23)52-36-27(42-20(4)45)33(28(46)26(18-44)53-36)51-25(35(50)43-13-10-14-43)15-21-11-8-7-9-12-21/h19,21-34,36-37,44,46-49H,5-18H2,1-4H3,(H,42,45)/t19?,22-,23?,24?,25+,26+,27?,28?,29?,30?,31?,32?,33?,34?,36-,37?/m1/s1. The number of aliphatic hydroxyl groups is 5. The summed E-state index contributed by atoms with van der Waals surface area (Å²) in [5.41, 5.74) is 0. The van der Waals surface area contributed by atoms with Crippen molar-refractivity contribution >= 4 is 11.8 Å². The number of alkyl halides is 3. The molecule has 2 amide bonds. The quantitative estimate of drug-likeness (QED) is 0.150. The first-order valence-corrected chi connectivity index (χ1v) is 20.3. The summed E-state index contributed by atoms with van der Waals surface area (Å²) < 4.78 is 72.3. The number of halogens is 3. The van der Waals surface area contributed by atoms with Crippen LogP contribution in [-0.4, -0.2) is 148 Å². The second kappa shape index (κ2) is 19.4. The van der Waals surface area contributed by atoms with Gasteiger partial charge in [-0.05, 0) is 49.4 Å². The Morgan fingerprint density at radius 3 is 2.15 bits per heavy atom. The summed E-state index contributed by atoms with van der Waals surface area (Å²) in [6, 6.07) is -1.21. The van der Waals surface area contributed by atoms with Crippen LogP contribution < -0.4 is 5.32 Å². The third kappa shape index (κ3) is 10.5. The van der Waals surface area contributed by atoms with Gasteiger partial charge in [0, 0.05) is 20.0 Å². The van der Waals surface area contributed by atoms with E-state index in [0.29, 0.717) is 38.8 Å². The fourth-order valence-corrected chi connectivity index (χ4v) is 9.05. The third-order valence-electron chi connectivity index (χ3n) is 12.7. The molecule has 0 radical (unpaired) electrons. The molecule has 318 valence electrons. The number of rotatable bonds is 14. The average molecular weight is 797 g/mol. The minimum atomic E-state index is -5.08. The fraction of sp³-hybridized carbons (Fsp3) is 0.947. The number of nitrogens with one attached hydrogen (secondary N) is 1. The molecule has 17 heteroatoms. The van der Waals surface area contributed by atoms with Crippen LogP contribution in [0.3, 0.4) is 0 Å². The first-order valence-electron chi connectivity index (χ1n) is 20.3. The lowest BCUT2D eigenvalue weighted by molar-refractivity contribution is -0.373. The van der Waals surface area contributed by atoms with Crippen molar-refractivity contribution in [1.29, 1.82) is 0 Å². The second-order valence-electron chi connectivity index (χ2n) is 16.4. The number of aliphatic hydroxyl groups excluding tert-OH is 5. The van der Waals surface area contributed by atoms with E-state index in [1.807, 2.05) is 13.8 Å². The minimum Gasteiger partial charge on any atom is -0.394 e. The number of hydrogen-bond donors (Lipinski definition) is 6. The topological polar surface area (TPSA) is 197 Å². The van der Waals surface area contributed by atoms with Gasteiger partial charge in [0.2, 0.25) is 5.91 Å². The van der Waals surface area contributed by atoms with Crippen molar-refractivity contribution in [2.45, 2.75) is 184 Å². The molecule has 3 aliphatic heterocycles. The number of ether oxygens (including phenoxy) is 5. The molecule has 6 N–H and O–H groups in total. The Labute approximate surface area is 321 Å². The minimum absolute atomic E-state index is 0.0513. The van der Waals surface area contributed by atoms with Gasteiger partial charge in [-0.25, -0.2) is 0 Å². The van der Waals surface area contributed by atoms with Crippen LogP contribution in [0.15, 0.2) is 0 Å². The van der Waals surface area contributed by atoms with Crippen molar-refractivity contribution in [1.82, 2.24) is 10.2 Å². The van der Waals surface area contributed by atoms with Gasteiger partial charge in [-0.3, -0.25) is 9.59 Å². The maximum absolute atomic E-state index is 13.9. The summed E-state index contributed by atoms with van der Waals surface area (Å²) in [7, 11) is 0. The largest absolute Gasteiger partial charge is 0.417 e. The molecule has 5 rings (SSSR count). The zero-order valence-corrected chi connectivity index (χ0v) is 32.4. The van der Waals surface area contributed by atoms with Crippen LogP contribution in [0.4, 0.5) is 13.2 Å². The predicted octanol–water partition coefficient (Wildman–Crippen LogP) is 2.15. The lowest BCUT2D eigenvalue weighted by Gasteiger charge is -2.50. The van der Waals surface area contributed by atoms with Gasteiger partial charge in [0.05, 0.1) is 18.8 Å². The van der Waals surface area contributed by atoms with Crippen LogP contribution in [0.1, 0.15) is 98.3 Å². The van der Waals surface area contributed by atoms with Gasteiger partial charge in [-0.2, -0.15) is 13.2 Å². The van der Waals surface area contributed by atoms with Crippen LogP contribution >= 0.6 is 0 Å². The van der Waals surface area contributed by atoms with Crippen molar-refractivity contribution in [3.05, 3.63) is 0 Å². The number of nitrogens with zero attached hydrogens (tertiary/aromatic N) is 1. The molecule has 0 aromatic rings. The molecular weight excluding hydrogens is 733 g/mol. The fourth-order valence-electron chi connectivity index (χ4n) is 9.05. The average Bonchev–Trinajstić information content (AvgIpc) is 3.12. The predicted molar refractivity (Wildman–Crippen MR) is 189 cm³/mol. The Morgan fingerprint density at radius 1 is 0.891 bits per heavy atom. The highest BCUT2D eigenvalue weighted by Crippen LogP contribution is 2.43. The number of likely N-dealkylation sites (tertiary alicyclic amines) is 1. The third-order valence-corrected chi connectivity index (χ3v) is 12.7. The van der Waals surface area contributed by atoms with Gasteiger partial charge >= 0.3 is 6.18 Å². The van der Waals surface area contributed by atoms with Gasteiger partial charge in [0.1, 0.15) is 48.8 Å². The van der Waals surface area contributed by atoms with E-state index in [0.717, 1.165) is 44.9 Å². The van der Waals surface area contributed by atoms with E-state index in [9.17, 15) is 48.3 Å². The molecule has 3 heterocycles. The maximum atomic E-state index is 13.9. The first-order chi connectivity index (χ1) is 26.1. The number of amides is 2. The highest BCUT2D eigenvalue weighted by molar-refractivity contribution is 5.81. The molecule has 16 atom stereocenters. The molecule has 0 bridgehead atoms. The molecule has 55 heavy (non-hydrogen) atoms. The van der Waals surface area contributed by atoms with E-state index < -0.39 is 98.4 Å². The molecule has 3 saturated heterocycles. The van der Waals surface area contributed by atoms with E-state index >= 15 is 0 Å². The normalized spacial score (nSPS) is 40.3. The lowest BCUT2D eigenvalue weighted by atomic mass is 9.71. The van der Waals surface area contributed by atoms with Gasteiger partial charge in [-0.1, -0.05) is 65.7 Å². The SMILES string of the molecule is CCC(C)C1CC(O[C@@H]2O[C@@H](CO)C(O)C(O[C@@H](CC3CCCCC3)C(=O)N3CCC3)C2NC(C)=O)C(OC2OC(C(F)(F)F)C(O)C(O)C2O)[C@H](CC)C1. The lowest BCUT2D eigenvalue weighted by Crippen LogP contribution is -2.67. The van der Waals surface area contributed by atoms with Gasteiger partial charge < -0.3 is 59.4 Å². The molecule has 14 nitrogen and oxygen atoms in total. The van der Waals surface area contributed by atoms with Crippen molar-refractivity contribution in [2.24, 2.45) is 23.7 Å². The van der Waals surface area contributed by atoms with Gasteiger partial charge in [0.25, 0.3) is 5.91 Å². The van der Waals surface area contributed by atoms with Crippen LogP contribution in [0.2, 0.25) is 0 Å². The van der Waals surface area contributed by atoms with Crippen molar-refractivity contribution in [3.63, 3.8) is 0 Å². The molecular formula is C38H63F3N2O12. The van der Waals surface area contributed by atoms with Gasteiger partial charge in [-0.15, -0.1) is 0 Å². The highest BCUT2D eigenvalue weighted by Gasteiger charge is 2.57. The summed E-state index contributed by atoms with van der Waals surface area (Å²) in [6.45, 7) is 7.76. The summed E-state index contributed by atoms with van der Waals surface area (Å²) in [5, 5.41) is 56.2. The van der Waals surface area contributed by atoms with E-state index in [4.69, 9.17) is 23.7 Å². The second-order valence-corrected chi connectivity index (χ2v) is 16.4. The van der Waals surface area contributed by atoms with E-state index in [1.165, 1.54) is 6.92 Å². The molecule has 2 aliphatic carbocycles. The monoisotopic (exact) mass is 796 g/mol. The van der Waals surface area contributed by atoms with Crippen molar-refractivity contribution in [2.75, 3.05) is 19.7 Å². The summed E-state index contributed by atoms with van der Waals surface area (Å²) in [4.78, 5) is 28.3. The van der Waals surface area contributed by atoms with Crippen LogP contribution in [0.25, 0.3) is 0 Å². The summed E-state index contributed by atoms with van der Waals surface area (Å²) >= 11 is 0.